The van der Waals surface area contributed by atoms with Crippen LogP contribution >= 0.6 is 46.1 Å². The second-order valence-electron chi connectivity index (χ2n) is 10.8. The zero-order valence-corrected chi connectivity index (χ0v) is 26.1. The van der Waals surface area contributed by atoms with Gasteiger partial charge in [0.15, 0.2) is 0 Å². The Bertz CT molecular complexity index is 1440. The molecule has 6 nitrogen and oxygen atoms in total. The summed E-state index contributed by atoms with van der Waals surface area (Å²) in [4.78, 5) is 45.3. The number of benzene rings is 2. The molecule has 0 unspecified atom stereocenters. The van der Waals surface area contributed by atoms with Gasteiger partial charge in [-0.1, -0.05) is 53.0 Å². The lowest BCUT2D eigenvalue weighted by Gasteiger charge is -2.44. The molecule has 0 spiro atoms. The van der Waals surface area contributed by atoms with Gasteiger partial charge in [0.2, 0.25) is 11.8 Å². The fourth-order valence-electron chi connectivity index (χ4n) is 5.94. The van der Waals surface area contributed by atoms with Crippen molar-refractivity contribution in [3.8, 4) is 11.1 Å². The number of halogens is 3. The summed E-state index contributed by atoms with van der Waals surface area (Å²) in [7, 11) is 1.84. The van der Waals surface area contributed by atoms with Crippen molar-refractivity contribution >= 4 is 63.9 Å². The van der Waals surface area contributed by atoms with E-state index in [0.717, 1.165) is 16.7 Å². The molecule has 3 amide bonds. The first-order valence-corrected chi connectivity index (χ1v) is 15.7. The predicted octanol–water partition coefficient (Wildman–Crippen LogP) is 7.09. The molecule has 2 aliphatic heterocycles. The molecule has 0 radical (unpaired) electrons. The smallest absolute Gasteiger partial charge is 0.263 e. The lowest BCUT2D eigenvalue weighted by atomic mass is 9.84. The number of hydrogen-bond acceptors (Lipinski definition) is 4. The maximum atomic E-state index is 13.7. The molecule has 2 fully saturated rings. The minimum absolute atomic E-state index is 0.0510. The number of hydrogen-bond donors (Lipinski definition) is 0. The largest absolute Gasteiger partial charge is 0.343 e. The fraction of sp³-hybridized carbons (Fsp3) is 0.387. The molecule has 41 heavy (non-hydrogen) atoms. The van der Waals surface area contributed by atoms with E-state index in [9.17, 15) is 14.4 Å². The van der Waals surface area contributed by atoms with Gasteiger partial charge in [0.05, 0.1) is 14.9 Å². The highest BCUT2D eigenvalue weighted by Gasteiger charge is 2.39. The molecule has 0 bridgehead atoms. The molecule has 2 aromatic carbocycles. The molecule has 216 valence electrons. The molecule has 10 heteroatoms. The molecular weight excluding hydrogens is 601 g/mol. The minimum Gasteiger partial charge on any atom is -0.343 e. The number of thiophene rings is 1. The first-order valence-electron chi connectivity index (χ1n) is 13.7. The summed E-state index contributed by atoms with van der Waals surface area (Å²) >= 11 is 20.1. The van der Waals surface area contributed by atoms with Gasteiger partial charge < -0.3 is 14.7 Å². The second kappa shape index (κ2) is 12.7. The molecule has 3 aromatic rings. The first-order chi connectivity index (χ1) is 19.6. The van der Waals surface area contributed by atoms with Gasteiger partial charge in [-0.15, -0.1) is 11.3 Å². The van der Waals surface area contributed by atoms with Gasteiger partial charge in [-0.05, 0) is 71.7 Å². The number of piperidine rings is 2. The topological polar surface area (TPSA) is 60.9 Å². The van der Waals surface area contributed by atoms with Crippen LogP contribution in [-0.2, 0) is 9.59 Å². The molecule has 0 saturated carbocycles. The fourth-order valence-corrected chi connectivity index (χ4v) is 7.27. The van der Waals surface area contributed by atoms with E-state index >= 15 is 0 Å². The second-order valence-corrected chi connectivity index (χ2v) is 13.0. The third-order valence-electron chi connectivity index (χ3n) is 8.35. The van der Waals surface area contributed by atoms with E-state index in [1.807, 2.05) is 64.7 Å². The summed E-state index contributed by atoms with van der Waals surface area (Å²) in [5.41, 5.74) is 2.92. The average molecular weight is 633 g/mol. The van der Waals surface area contributed by atoms with Crippen LogP contribution in [0.25, 0.3) is 11.1 Å². The van der Waals surface area contributed by atoms with Crippen LogP contribution in [0.15, 0.2) is 53.9 Å². The van der Waals surface area contributed by atoms with Gasteiger partial charge in [0.1, 0.15) is 0 Å². The number of likely N-dealkylation sites (tertiary alicyclic amines) is 2. The van der Waals surface area contributed by atoms with Crippen LogP contribution in [0.2, 0.25) is 15.1 Å². The third-order valence-corrected chi connectivity index (χ3v) is 10.3. The Hall–Kier alpha value is -2.58. The van der Waals surface area contributed by atoms with Crippen molar-refractivity contribution in [1.29, 1.82) is 0 Å². The molecule has 2 saturated heterocycles. The van der Waals surface area contributed by atoms with Gasteiger partial charge in [-0.2, -0.15) is 0 Å². The van der Waals surface area contributed by atoms with E-state index in [0.29, 0.717) is 65.4 Å². The molecule has 3 heterocycles. The van der Waals surface area contributed by atoms with Crippen LogP contribution in [0.1, 0.15) is 47.3 Å². The predicted molar refractivity (Wildman–Crippen MR) is 166 cm³/mol. The van der Waals surface area contributed by atoms with Gasteiger partial charge in [-0.3, -0.25) is 14.4 Å². The van der Waals surface area contributed by atoms with Crippen molar-refractivity contribution in [2.45, 2.75) is 38.1 Å². The standard InChI is InChI=1S/C31H32Cl3N3O3S/c1-19(38)36-12-9-21(10-13-36)30(39)37-14-11-28(25(17-37)22-5-8-26(33)27(34)15-22)35(2)31(40)29-16-23(18-41-29)20-3-6-24(32)7-4-20/h3-8,15-16,18,21,25,28H,9-14,17H2,1-2H3/t25-,28+/m0/s1. The minimum atomic E-state index is -0.135. The van der Waals surface area contributed by atoms with E-state index in [2.05, 4.69) is 0 Å². The summed E-state index contributed by atoms with van der Waals surface area (Å²) in [5, 5.41) is 3.56. The van der Waals surface area contributed by atoms with E-state index in [1.54, 1.807) is 17.9 Å². The van der Waals surface area contributed by atoms with Gasteiger partial charge in [0.25, 0.3) is 5.91 Å². The Labute approximate surface area is 259 Å². The van der Waals surface area contributed by atoms with Crippen LogP contribution in [-0.4, -0.2) is 71.7 Å². The van der Waals surface area contributed by atoms with Crippen LogP contribution in [0.5, 0.6) is 0 Å². The molecule has 2 aliphatic rings. The highest BCUT2D eigenvalue weighted by atomic mass is 35.5. The zero-order chi connectivity index (χ0) is 29.3. The van der Waals surface area contributed by atoms with Crippen molar-refractivity contribution in [1.82, 2.24) is 14.7 Å². The maximum Gasteiger partial charge on any atom is 0.263 e. The molecular formula is C31H32Cl3N3O3S. The molecule has 2 atom stereocenters. The quantitative estimate of drug-likeness (QED) is 0.302. The van der Waals surface area contributed by atoms with E-state index in [4.69, 9.17) is 34.8 Å². The van der Waals surface area contributed by atoms with Crippen LogP contribution in [0.3, 0.4) is 0 Å². The molecule has 0 aliphatic carbocycles. The number of amides is 3. The lowest BCUT2D eigenvalue weighted by molar-refractivity contribution is -0.141. The highest BCUT2D eigenvalue weighted by Crippen LogP contribution is 2.36. The molecule has 0 N–H and O–H groups in total. The Kier molecular flexibility index (Phi) is 9.29. The van der Waals surface area contributed by atoms with Crippen LogP contribution < -0.4 is 0 Å². The molecule has 1 aromatic heterocycles. The average Bonchev–Trinajstić information content (AvgIpc) is 3.48. The maximum absolute atomic E-state index is 13.7. The third kappa shape index (κ3) is 6.59. The summed E-state index contributed by atoms with van der Waals surface area (Å²) in [5.74, 6) is -0.119. The van der Waals surface area contributed by atoms with Gasteiger partial charge in [-0.25, -0.2) is 0 Å². The summed E-state index contributed by atoms with van der Waals surface area (Å²) in [6.45, 7) is 3.82. The van der Waals surface area contributed by atoms with Gasteiger partial charge in [0, 0.05) is 63.1 Å². The van der Waals surface area contributed by atoms with E-state index in [-0.39, 0.29) is 35.6 Å². The van der Waals surface area contributed by atoms with Crippen LogP contribution in [0, 0.1) is 5.92 Å². The van der Waals surface area contributed by atoms with E-state index in [1.165, 1.54) is 11.3 Å². The monoisotopic (exact) mass is 631 g/mol. The number of carbonyl (C=O) groups excluding carboxylic acids is 3. The Morgan fingerprint density at radius 1 is 0.854 bits per heavy atom. The van der Waals surface area contributed by atoms with Crippen molar-refractivity contribution in [3.63, 3.8) is 0 Å². The summed E-state index contributed by atoms with van der Waals surface area (Å²) < 4.78 is 0. The highest BCUT2D eigenvalue weighted by molar-refractivity contribution is 7.12. The molecule has 5 rings (SSSR count). The van der Waals surface area contributed by atoms with Crippen molar-refractivity contribution in [3.05, 3.63) is 79.4 Å². The number of rotatable bonds is 5. The SMILES string of the molecule is CC(=O)N1CCC(C(=O)N2CC[C@@H](N(C)C(=O)c3cc(-c4ccc(Cl)cc4)cs3)[C@H](c3ccc(Cl)c(Cl)c3)C2)CC1. The van der Waals surface area contributed by atoms with Gasteiger partial charge >= 0.3 is 0 Å². The zero-order valence-electron chi connectivity index (χ0n) is 23.0. The first kappa shape index (κ1) is 29.9. The Morgan fingerprint density at radius 2 is 1.54 bits per heavy atom. The Morgan fingerprint density at radius 3 is 2.20 bits per heavy atom. The number of carbonyl (C=O) groups is 3. The van der Waals surface area contributed by atoms with Crippen molar-refractivity contribution in [2.24, 2.45) is 5.92 Å². The number of likely N-dealkylation sites (N-methyl/N-ethyl adjacent to an activating group) is 1. The van der Waals surface area contributed by atoms with E-state index < -0.39 is 0 Å². The lowest BCUT2D eigenvalue weighted by Crippen LogP contribution is -2.53. The number of nitrogens with zero attached hydrogens (tertiary/aromatic N) is 3. The normalized spacial score (nSPS) is 19.7. The van der Waals surface area contributed by atoms with Crippen LogP contribution in [0.4, 0.5) is 0 Å². The summed E-state index contributed by atoms with van der Waals surface area (Å²) in [6.07, 6.45) is 1.98. The Balaban J connectivity index is 1.35. The van der Waals surface area contributed by atoms with Crippen molar-refractivity contribution < 1.29 is 14.4 Å². The van der Waals surface area contributed by atoms with Crippen molar-refractivity contribution in [2.75, 3.05) is 33.2 Å². The summed E-state index contributed by atoms with van der Waals surface area (Å²) in [6, 6.07) is 14.9.